The molecule has 0 amide bonds. The average molecular weight is 385 g/mol. The van der Waals surface area contributed by atoms with Gasteiger partial charge >= 0.3 is 5.97 Å². The maximum Gasteiger partial charge on any atom is 0.339 e. The summed E-state index contributed by atoms with van der Waals surface area (Å²) in [5.41, 5.74) is 1.24. The molecule has 0 radical (unpaired) electrons. The van der Waals surface area contributed by atoms with E-state index in [0.717, 1.165) is 0 Å². The number of benzene rings is 1. The summed E-state index contributed by atoms with van der Waals surface area (Å²) in [6, 6.07) is 3.30. The lowest BCUT2D eigenvalue weighted by Crippen LogP contribution is -2.01. The molecule has 0 atom stereocenters. The van der Waals surface area contributed by atoms with Gasteiger partial charge in [0.25, 0.3) is 0 Å². The summed E-state index contributed by atoms with van der Waals surface area (Å²) in [7, 11) is 4.49. The highest BCUT2D eigenvalue weighted by atomic mass is 79.9. The molecule has 124 valence electrons. The number of methoxy groups -OCH3 is 3. The second kappa shape index (κ2) is 6.95. The second-order valence-electron chi connectivity index (χ2n) is 4.63. The van der Waals surface area contributed by atoms with Gasteiger partial charge in [0.15, 0.2) is 21.9 Å². The topological polar surface area (TPSA) is 78.1 Å². The van der Waals surface area contributed by atoms with E-state index in [4.69, 9.17) is 18.6 Å². The quantitative estimate of drug-likeness (QED) is 0.810. The Morgan fingerprint density at radius 2 is 1.74 bits per heavy atom. The SMILES string of the molecule is CCc1c(Br)oc(-c2cc(OC)c(OC)c(OC)c2)c1C(=O)O. The van der Waals surface area contributed by atoms with Crippen LogP contribution >= 0.6 is 15.9 Å². The molecular weight excluding hydrogens is 368 g/mol. The zero-order chi connectivity index (χ0) is 17.1. The Morgan fingerprint density at radius 1 is 1.17 bits per heavy atom. The minimum absolute atomic E-state index is 0.119. The van der Waals surface area contributed by atoms with E-state index in [2.05, 4.69) is 15.9 Å². The van der Waals surface area contributed by atoms with Crippen LogP contribution in [0.1, 0.15) is 22.8 Å². The Balaban J connectivity index is 2.74. The molecule has 23 heavy (non-hydrogen) atoms. The van der Waals surface area contributed by atoms with Crippen LogP contribution in [0.5, 0.6) is 17.2 Å². The fourth-order valence-corrected chi connectivity index (χ4v) is 3.04. The van der Waals surface area contributed by atoms with Gasteiger partial charge in [0.1, 0.15) is 5.56 Å². The van der Waals surface area contributed by atoms with Crippen molar-refractivity contribution in [3.8, 4) is 28.6 Å². The van der Waals surface area contributed by atoms with Gasteiger partial charge in [-0.3, -0.25) is 0 Å². The predicted molar refractivity (Wildman–Crippen MR) is 87.8 cm³/mol. The second-order valence-corrected chi connectivity index (χ2v) is 5.35. The lowest BCUT2D eigenvalue weighted by Gasteiger charge is -2.13. The average Bonchev–Trinajstić information content (AvgIpc) is 2.89. The minimum Gasteiger partial charge on any atom is -0.493 e. The molecule has 0 spiro atoms. The highest BCUT2D eigenvalue weighted by Gasteiger charge is 2.26. The number of aromatic carboxylic acids is 1. The molecule has 1 aromatic carbocycles. The summed E-state index contributed by atoms with van der Waals surface area (Å²) in [4.78, 5) is 11.7. The lowest BCUT2D eigenvalue weighted by molar-refractivity contribution is 0.0696. The van der Waals surface area contributed by atoms with E-state index in [0.29, 0.717) is 39.5 Å². The molecule has 2 aromatic rings. The number of furan rings is 1. The zero-order valence-electron chi connectivity index (χ0n) is 13.2. The van der Waals surface area contributed by atoms with E-state index >= 15 is 0 Å². The van der Waals surface area contributed by atoms with Crippen molar-refractivity contribution < 1.29 is 28.5 Å². The van der Waals surface area contributed by atoms with E-state index < -0.39 is 5.97 Å². The first-order valence-electron chi connectivity index (χ1n) is 6.83. The molecule has 0 aliphatic carbocycles. The molecule has 0 bridgehead atoms. The third kappa shape index (κ3) is 3.01. The van der Waals surface area contributed by atoms with Gasteiger partial charge in [0.2, 0.25) is 5.75 Å². The number of hydrogen-bond acceptors (Lipinski definition) is 5. The van der Waals surface area contributed by atoms with Crippen LogP contribution in [-0.4, -0.2) is 32.4 Å². The summed E-state index contributed by atoms with van der Waals surface area (Å²) in [5, 5.41) is 9.54. The molecule has 1 heterocycles. The minimum atomic E-state index is -1.06. The Morgan fingerprint density at radius 3 is 2.13 bits per heavy atom. The van der Waals surface area contributed by atoms with Crippen LogP contribution in [0.15, 0.2) is 21.2 Å². The summed E-state index contributed by atoms with van der Waals surface area (Å²) >= 11 is 3.28. The van der Waals surface area contributed by atoms with Crippen LogP contribution in [0.3, 0.4) is 0 Å². The van der Waals surface area contributed by atoms with Gasteiger partial charge in [0, 0.05) is 11.1 Å². The third-order valence-corrected chi connectivity index (χ3v) is 4.09. The van der Waals surface area contributed by atoms with Crippen LogP contribution in [-0.2, 0) is 6.42 Å². The third-order valence-electron chi connectivity index (χ3n) is 3.45. The Bertz CT molecular complexity index is 709. The van der Waals surface area contributed by atoms with Crippen molar-refractivity contribution in [3.05, 3.63) is 27.9 Å². The maximum absolute atomic E-state index is 11.7. The normalized spacial score (nSPS) is 10.5. The van der Waals surface area contributed by atoms with Gasteiger partial charge in [-0.15, -0.1) is 0 Å². The van der Waals surface area contributed by atoms with Gasteiger partial charge in [-0.05, 0) is 34.5 Å². The fraction of sp³-hybridized carbons (Fsp3) is 0.312. The standard InChI is InChI=1S/C16H17BrO6/c1-5-9-12(16(18)19)13(23-15(9)17)8-6-10(20-2)14(22-4)11(7-8)21-3/h6-7H,5H2,1-4H3,(H,18,19). The molecule has 2 rings (SSSR count). The molecule has 0 aliphatic heterocycles. The molecule has 1 aromatic heterocycles. The van der Waals surface area contributed by atoms with Crippen LogP contribution in [0.2, 0.25) is 0 Å². The molecule has 0 unspecified atom stereocenters. The van der Waals surface area contributed by atoms with Gasteiger partial charge in [-0.25, -0.2) is 4.79 Å². The number of ether oxygens (including phenoxy) is 3. The van der Waals surface area contributed by atoms with Gasteiger partial charge in [-0.2, -0.15) is 0 Å². The number of hydrogen-bond donors (Lipinski definition) is 1. The van der Waals surface area contributed by atoms with Gasteiger partial charge in [-0.1, -0.05) is 6.92 Å². The molecule has 1 N–H and O–H groups in total. The van der Waals surface area contributed by atoms with Crippen molar-refractivity contribution in [2.75, 3.05) is 21.3 Å². The van der Waals surface area contributed by atoms with Crippen LogP contribution < -0.4 is 14.2 Å². The molecule has 0 aliphatic rings. The zero-order valence-corrected chi connectivity index (χ0v) is 14.8. The van der Waals surface area contributed by atoms with Gasteiger partial charge in [0.05, 0.1) is 21.3 Å². The van der Waals surface area contributed by atoms with Crippen molar-refractivity contribution in [1.82, 2.24) is 0 Å². The largest absolute Gasteiger partial charge is 0.493 e. The highest BCUT2D eigenvalue weighted by Crippen LogP contribution is 2.43. The van der Waals surface area contributed by atoms with E-state index in [9.17, 15) is 9.90 Å². The van der Waals surface area contributed by atoms with E-state index in [-0.39, 0.29) is 11.3 Å². The fourth-order valence-electron chi connectivity index (χ4n) is 2.39. The van der Waals surface area contributed by atoms with E-state index in [1.165, 1.54) is 21.3 Å². The van der Waals surface area contributed by atoms with E-state index in [1.54, 1.807) is 12.1 Å². The van der Waals surface area contributed by atoms with Crippen molar-refractivity contribution in [3.63, 3.8) is 0 Å². The number of halogens is 1. The van der Waals surface area contributed by atoms with Crippen LogP contribution in [0, 0.1) is 0 Å². The summed E-state index contributed by atoms with van der Waals surface area (Å²) in [6.07, 6.45) is 0.524. The van der Waals surface area contributed by atoms with Crippen LogP contribution in [0.25, 0.3) is 11.3 Å². The van der Waals surface area contributed by atoms with Crippen LogP contribution in [0.4, 0.5) is 0 Å². The first-order chi connectivity index (χ1) is 11.0. The summed E-state index contributed by atoms with van der Waals surface area (Å²) in [6.45, 7) is 1.86. The molecular formula is C16H17BrO6. The molecule has 0 saturated heterocycles. The molecule has 6 nitrogen and oxygen atoms in total. The Kier molecular flexibility index (Phi) is 5.20. The first kappa shape index (κ1) is 17.2. The van der Waals surface area contributed by atoms with Crippen molar-refractivity contribution >= 4 is 21.9 Å². The number of carbonyl (C=O) groups is 1. The van der Waals surface area contributed by atoms with Gasteiger partial charge < -0.3 is 23.7 Å². The summed E-state index contributed by atoms with van der Waals surface area (Å²) in [5.74, 6) is 0.449. The number of carboxylic acid groups (broad SMARTS) is 1. The Labute approximate surface area is 142 Å². The number of rotatable bonds is 6. The smallest absolute Gasteiger partial charge is 0.339 e. The Hall–Kier alpha value is -2.15. The first-order valence-corrected chi connectivity index (χ1v) is 7.62. The lowest BCUT2D eigenvalue weighted by atomic mass is 10.0. The predicted octanol–water partition coefficient (Wildman–Crippen LogP) is 4.00. The van der Waals surface area contributed by atoms with Crippen molar-refractivity contribution in [1.29, 1.82) is 0 Å². The monoisotopic (exact) mass is 384 g/mol. The van der Waals surface area contributed by atoms with E-state index in [1.807, 2.05) is 6.92 Å². The van der Waals surface area contributed by atoms with Crippen molar-refractivity contribution in [2.45, 2.75) is 13.3 Å². The summed E-state index contributed by atoms with van der Waals surface area (Å²) < 4.78 is 21.9. The molecule has 7 heteroatoms. The van der Waals surface area contributed by atoms with Crippen molar-refractivity contribution in [2.24, 2.45) is 0 Å². The highest BCUT2D eigenvalue weighted by molar-refractivity contribution is 9.10. The molecule has 0 saturated carbocycles. The maximum atomic E-state index is 11.7. The number of carboxylic acids is 1. The molecule has 0 fully saturated rings.